The minimum absolute atomic E-state index is 0.0121. The number of rotatable bonds is 3. The van der Waals surface area contributed by atoms with E-state index in [9.17, 15) is 13.2 Å². The molecule has 2 atom stereocenters. The minimum atomic E-state index is -3.78. The van der Waals surface area contributed by atoms with E-state index < -0.39 is 9.05 Å². The van der Waals surface area contributed by atoms with Crippen LogP contribution in [0.2, 0.25) is 0 Å². The molecule has 7 heteroatoms. The zero-order valence-electron chi connectivity index (χ0n) is 9.48. The molecule has 4 nitrogen and oxygen atoms in total. The molecule has 0 aliphatic heterocycles. The Balaban J connectivity index is 2.17. The molecular formula is C11H11BrClNO3S. The summed E-state index contributed by atoms with van der Waals surface area (Å²) < 4.78 is 22.7. The van der Waals surface area contributed by atoms with Crippen molar-refractivity contribution in [1.82, 2.24) is 0 Å². The van der Waals surface area contributed by atoms with Crippen LogP contribution in [0.15, 0.2) is 27.6 Å². The quantitative estimate of drug-likeness (QED) is 0.851. The van der Waals surface area contributed by atoms with Gasteiger partial charge in [0, 0.05) is 26.8 Å². The normalized spacial score (nSPS) is 22.6. The zero-order valence-corrected chi connectivity index (χ0v) is 12.6. The van der Waals surface area contributed by atoms with Crippen molar-refractivity contribution >= 4 is 47.3 Å². The van der Waals surface area contributed by atoms with Gasteiger partial charge in [-0.2, -0.15) is 0 Å². The van der Waals surface area contributed by atoms with Crippen LogP contribution in [0.1, 0.15) is 13.3 Å². The van der Waals surface area contributed by atoms with Gasteiger partial charge in [-0.05, 0) is 46.5 Å². The highest BCUT2D eigenvalue weighted by molar-refractivity contribution is 9.10. The van der Waals surface area contributed by atoms with E-state index in [0.717, 1.165) is 6.42 Å². The van der Waals surface area contributed by atoms with Crippen LogP contribution in [0.25, 0.3) is 0 Å². The molecule has 1 N–H and O–H groups in total. The molecule has 0 aromatic heterocycles. The van der Waals surface area contributed by atoms with Crippen LogP contribution in [-0.4, -0.2) is 14.3 Å². The first-order chi connectivity index (χ1) is 8.29. The molecule has 0 saturated heterocycles. The second kappa shape index (κ2) is 4.83. The Labute approximate surface area is 118 Å². The summed E-state index contributed by atoms with van der Waals surface area (Å²) in [6, 6.07) is 4.41. The van der Waals surface area contributed by atoms with Crippen molar-refractivity contribution in [1.29, 1.82) is 0 Å². The van der Waals surface area contributed by atoms with Crippen molar-refractivity contribution in [2.45, 2.75) is 18.2 Å². The summed E-state index contributed by atoms with van der Waals surface area (Å²) in [7, 11) is 1.48. The minimum Gasteiger partial charge on any atom is -0.326 e. The molecule has 2 rings (SSSR count). The Bertz CT molecular complexity index is 602. The maximum atomic E-state index is 11.7. The molecule has 1 saturated carbocycles. The van der Waals surface area contributed by atoms with Crippen LogP contribution < -0.4 is 5.32 Å². The maximum Gasteiger partial charge on any atom is 0.262 e. The van der Waals surface area contributed by atoms with Gasteiger partial charge in [0.1, 0.15) is 0 Å². The monoisotopic (exact) mass is 351 g/mol. The van der Waals surface area contributed by atoms with Crippen molar-refractivity contribution in [2.75, 3.05) is 5.32 Å². The predicted molar refractivity (Wildman–Crippen MR) is 73.1 cm³/mol. The third kappa shape index (κ3) is 3.05. The fourth-order valence-electron chi connectivity index (χ4n) is 1.70. The van der Waals surface area contributed by atoms with E-state index in [0.29, 0.717) is 16.1 Å². The van der Waals surface area contributed by atoms with Gasteiger partial charge in [0.15, 0.2) is 0 Å². The first-order valence-corrected chi connectivity index (χ1v) is 8.44. The molecular weight excluding hydrogens is 342 g/mol. The van der Waals surface area contributed by atoms with Gasteiger partial charge in [-0.1, -0.05) is 6.92 Å². The van der Waals surface area contributed by atoms with E-state index in [4.69, 9.17) is 10.7 Å². The summed E-state index contributed by atoms with van der Waals surface area (Å²) in [6.07, 6.45) is 0.904. The number of nitrogens with one attached hydrogen (secondary N) is 1. The number of carbonyl (C=O) groups excluding carboxylic acids is 1. The lowest BCUT2D eigenvalue weighted by atomic mass is 10.3. The van der Waals surface area contributed by atoms with Crippen LogP contribution in [0.3, 0.4) is 0 Å². The van der Waals surface area contributed by atoms with Crippen LogP contribution in [0, 0.1) is 11.8 Å². The molecule has 1 aliphatic rings. The van der Waals surface area contributed by atoms with Crippen molar-refractivity contribution < 1.29 is 13.2 Å². The van der Waals surface area contributed by atoms with Gasteiger partial charge in [-0.15, -0.1) is 0 Å². The lowest BCUT2D eigenvalue weighted by Gasteiger charge is -2.07. The molecule has 0 heterocycles. The Kier molecular flexibility index (Phi) is 3.71. The zero-order chi connectivity index (χ0) is 13.5. The molecule has 0 bridgehead atoms. The van der Waals surface area contributed by atoms with E-state index in [1.54, 1.807) is 0 Å². The molecule has 0 radical (unpaired) electrons. The fourth-order valence-corrected chi connectivity index (χ4v) is 3.92. The Morgan fingerprint density at radius 1 is 1.50 bits per heavy atom. The third-order valence-corrected chi connectivity index (χ3v) is 5.21. The molecule has 2 unspecified atom stereocenters. The standard InChI is InChI=1S/C11H11BrClNO3S/c1-6-4-8(6)11(15)14-7-2-3-10(9(12)5-7)18(13,16)17/h2-3,5-6,8H,4H2,1H3,(H,14,15). The van der Waals surface area contributed by atoms with Gasteiger partial charge in [-0.3, -0.25) is 4.79 Å². The SMILES string of the molecule is CC1CC1C(=O)Nc1ccc(S(=O)(=O)Cl)c(Br)c1. The number of anilines is 1. The Hall–Kier alpha value is -0.590. The fraction of sp³-hybridized carbons (Fsp3) is 0.364. The summed E-state index contributed by atoms with van der Waals surface area (Å²) in [4.78, 5) is 11.7. The van der Waals surface area contributed by atoms with Gasteiger partial charge >= 0.3 is 0 Å². The second-order valence-corrected chi connectivity index (χ2v) is 7.78. The number of carbonyl (C=O) groups is 1. The molecule has 1 aliphatic carbocycles. The molecule has 18 heavy (non-hydrogen) atoms. The van der Waals surface area contributed by atoms with Crippen molar-refractivity contribution in [3.05, 3.63) is 22.7 Å². The van der Waals surface area contributed by atoms with Crippen molar-refractivity contribution in [2.24, 2.45) is 11.8 Å². The topological polar surface area (TPSA) is 63.2 Å². The molecule has 1 aromatic rings. The summed E-state index contributed by atoms with van der Waals surface area (Å²) in [5.41, 5.74) is 0.551. The highest BCUT2D eigenvalue weighted by Crippen LogP contribution is 2.38. The van der Waals surface area contributed by atoms with Crippen molar-refractivity contribution in [3.8, 4) is 0 Å². The Morgan fingerprint density at radius 3 is 2.56 bits per heavy atom. The first kappa shape index (κ1) is 13.8. The highest BCUT2D eigenvalue weighted by Gasteiger charge is 2.39. The van der Waals surface area contributed by atoms with Gasteiger partial charge < -0.3 is 5.32 Å². The molecule has 1 aromatic carbocycles. The summed E-state index contributed by atoms with van der Waals surface area (Å²) in [5.74, 6) is 0.465. The van der Waals surface area contributed by atoms with Crippen LogP contribution >= 0.6 is 26.6 Å². The van der Waals surface area contributed by atoms with Crippen LogP contribution in [0.4, 0.5) is 5.69 Å². The number of hydrogen-bond donors (Lipinski definition) is 1. The average Bonchev–Trinajstić information content (AvgIpc) is 2.93. The lowest BCUT2D eigenvalue weighted by Crippen LogP contribution is -2.14. The number of benzene rings is 1. The molecule has 0 spiro atoms. The highest BCUT2D eigenvalue weighted by atomic mass is 79.9. The summed E-state index contributed by atoms with van der Waals surface area (Å²) in [5, 5.41) is 2.75. The summed E-state index contributed by atoms with van der Waals surface area (Å²) in [6.45, 7) is 2.02. The van der Waals surface area contributed by atoms with Crippen LogP contribution in [0.5, 0.6) is 0 Å². The van der Waals surface area contributed by atoms with Crippen LogP contribution in [-0.2, 0) is 13.8 Å². The van der Waals surface area contributed by atoms with E-state index in [-0.39, 0.29) is 16.7 Å². The van der Waals surface area contributed by atoms with Crippen molar-refractivity contribution in [3.63, 3.8) is 0 Å². The number of hydrogen-bond acceptors (Lipinski definition) is 3. The first-order valence-electron chi connectivity index (χ1n) is 5.34. The third-order valence-electron chi connectivity index (χ3n) is 2.91. The van der Waals surface area contributed by atoms with Gasteiger partial charge in [-0.25, -0.2) is 8.42 Å². The van der Waals surface area contributed by atoms with Gasteiger partial charge in [0.2, 0.25) is 5.91 Å². The number of halogens is 2. The van der Waals surface area contributed by atoms with E-state index >= 15 is 0 Å². The molecule has 98 valence electrons. The molecule has 1 fully saturated rings. The maximum absolute atomic E-state index is 11.7. The summed E-state index contributed by atoms with van der Waals surface area (Å²) >= 11 is 3.12. The number of amides is 1. The largest absolute Gasteiger partial charge is 0.326 e. The Morgan fingerprint density at radius 2 is 2.11 bits per heavy atom. The average molecular weight is 353 g/mol. The van der Waals surface area contributed by atoms with Gasteiger partial charge in [0.05, 0.1) is 4.90 Å². The second-order valence-electron chi connectivity index (χ2n) is 4.39. The van der Waals surface area contributed by atoms with Gasteiger partial charge in [0.25, 0.3) is 9.05 Å². The predicted octanol–water partition coefficient (Wildman–Crippen LogP) is 2.97. The van der Waals surface area contributed by atoms with E-state index in [1.807, 2.05) is 6.92 Å². The lowest BCUT2D eigenvalue weighted by molar-refractivity contribution is -0.117. The molecule has 1 amide bonds. The van der Waals surface area contributed by atoms with E-state index in [2.05, 4.69) is 21.2 Å². The smallest absolute Gasteiger partial charge is 0.262 e. The van der Waals surface area contributed by atoms with E-state index in [1.165, 1.54) is 18.2 Å².